The van der Waals surface area contributed by atoms with Gasteiger partial charge >= 0.3 is 0 Å². The summed E-state index contributed by atoms with van der Waals surface area (Å²) in [6.07, 6.45) is 0.0921. The number of hydrogen-bond donors (Lipinski definition) is 2. The molecule has 1 aromatic rings. The molecule has 20 heavy (non-hydrogen) atoms. The van der Waals surface area contributed by atoms with E-state index in [9.17, 15) is 13.2 Å². The van der Waals surface area contributed by atoms with Crippen molar-refractivity contribution in [3.05, 3.63) is 22.2 Å². The summed E-state index contributed by atoms with van der Waals surface area (Å²) in [7, 11) is -3.63. The Labute approximate surface area is 126 Å². The number of hydrogen-bond acceptors (Lipinski definition) is 4. The fraction of sp³-hybridized carbons (Fsp3) is 0.364. The monoisotopic (exact) mass is 337 g/mol. The van der Waals surface area contributed by atoms with Gasteiger partial charge in [-0.1, -0.05) is 23.2 Å². The van der Waals surface area contributed by atoms with Crippen LogP contribution in [0.5, 0.6) is 0 Å². The summed E-state index contributed by atoms with van der Waals surface area (Å²) in [6, 6.07) is 2.97. The van der Waals surface area contributed by atoms with Crippen molar-refractivity contribution in [1.82, 2.24) is 0 Å². The highest BCUT2D eigenvalue weighted by molar-refractivity contribution is 7.89. The Morgan fingerprint density at radius 2 is 2.00 bits per heavy atom. The number of carbonyl (C=O) groups is 1. The molecule has 1 aliphatic heterocycles. The first kappa shape index (κ1) is 15.4. The van der Waals surface area contributed by atoms with Crippen molar-refractivity contribution >= 4 is 50.5 Å². The molecule has 6 nitrogen and oxygen atoms in total. The van der Waals surface area contributed by atoms with Crippen LogP contribution in [0.2, 0.25) is 10.0 Å². The van der Waals surface area contributed by atoms with Gasteiger partial charge in [-0.05, 0) is 12.1 Å². The van der Waals surface area contributed by atoms with E-state index in [1.54, 1.807) is 0 Å². The zero-order chi connectivity index (χ0) is 15.1. The average molecular weight is 338 g/mol. The van der Waals surface area contributed by atoms with Crippen LogP contribution in [0.3, 0.4) is 0 Å². The third-order valence-corrected chi connectivity index (χ3v) is 4.44. The summed E-state index contributed by atoms with van der Waals surface area (Å²) >= 11 is 11.9. The predicted octanol–water partition coefficient (Wildman–Crippen LogP) is 1.22. The van der Waals surface area contributed by atoms with Crippen LogP contribution in [0, 0.1) is 5.92 Å². The van der Waals surface area contributed by atoms with Crippen LogP contribution in [-0.4, -0.2) is 26.6 Å². The van der Waals surface area contributed by atoms with Crippen molar-refractivity contribution in [2.75, 3.05) is 22.9 Å². The second-order valence-corrected chi connectivity index (χ2v) is 7.23. The minimum atomic E-state index is -3.63. The maximum Gasteiger partial charge on any atom is 0.227 e. The lowest BCUT2D eigenvalue weighted by molar-refractivity contribution is -0.117. The van der Waals surface area contributed by atoms with E-state index in [-0.39, 0.29) is 41.3 Å². The normalized spacial score (nSPS) is 19.6. The number of sulfonamides is 1. The van der Waals surface area contributed by atoms with E-state index in [1.807, 2.05) is 0 Å². The lowest BCUT2D eigenvalue weighted by Crippen LogP contribution is -2.28. The molecule has 1 unspecified atom stereocenters. The Balaban J connectivity index is 2.29. The first-order valence-electron chi connectivity index (χ1n) is 5.72. The third kappa shape index (κ3) is 3.35. The van der Waals surface area contributed by atoms with Gasteiger partial charge in [0.05, 0.1) is 22.2 Å². The molecule has 110 valence electrons. The second-order valence-electron chi connectivity index (χ2n) is 4.73. The van der Waals surface area contributed by atoms with Gasteiger partial charge in [0.1, 0.15) is 0 Å². The molecule has 4 N–H and O–H groups in total. The van der Waals surface area contributed by atoms with E-state index < -0.39 is 10.0 Å². The zero-order valence-corrected chi connectivity index (χ0v) is 12.7. The van der Waals surface area contributed by atoms with Gasteiger partial charge in [0, 0.05) is 23.9 Å². The first-order valence-corrected chi connectivity index (χ1v) is 8.20. The van der Waals surface area contributed by atoms with E-state index in [0.29, 0.717) is 10.7 Å². The van der Waals surface area contributed by atoms with Crippen molar-refractivity contribution < 1.29 is 13.2 Å². The molecule has 0 aromatic heterocycles. The topological polar surface area (TPSA) is 106 Å². The average Bonchev–Trinajstić information content (AvgIpc) is 2.55. The molecular weight excluding hydrogens is 325 g/mol. The van der Waals surface area contributed by atoms with Crippen LogP contribution < -0.4 is 15.8 Å². The SMILES string of the molecule is Nc1cc(Cl)cc(Cl)c1N1CC(CS(N)(=O)=O)CC1=O. The number of nitrogens with zero attached hydrogens (tertiary/aromatic N) is 1. The summed E-state index contributed by atoms with van der Waals surface area (Å²) in [5, 5.41) is 5.61. The Kier molecular flexibility index (Phi) is 4.15. The van der Waals surface area contributed by atoms with Gasteiger partial charge in [0.15, 0.2) is 0 Å². The summed E-state index contributed by atoms with van der Waals surface area (Å²) in [5.41, 5.74) is 6.46. The molecule has 2 rings (SSSR count). The van der Waals surface area contributed by atoms with Crippen LogP contribution in [0.4, 0.5) is 11.4 Å². The van der Waals surface area contributed by atoms with Gasteiger partial charge in [0.25, 0.3) is 0 Å². The molecule has 0 bridgehead atoms. The largest absolute Gasteiger partial charge is 0.397 e. The molecule has 0 radical (unpaired) electrons. The molecule has 1 fully saturated rings. The van der Waals surface area contributed by atoms with Crippen LogP contribution in [0.25, 0.3) is 0 Å². The van der Waals surface area contributed by atoms with Crippen molar-refractivity contribution in [2.24, 2.45) is 11.1 Å². The molecule has 9 heteroatoms. The number of nitrogens with two attached hydrogens (primary N) is 2. The summed E-state index contributed by atoms with van der Waals surface area (Å²) < 4.78 is 22.2. The highest BCUT2D eigenvalue weighted by Gasteiger charge is 2.34. The Bertz CT molecular complexity index is 640. The van der Waals surface area contributed by atoms with E-state index >= 15 is 0 Å². The van der Waals surface area contributed by atoms with Crippen molar-refractivity contribution in [2.45, 2.75) is 6.42 Å². The van der Waals surface area contributed by atoms with Gasteiger partial charge < -0.3 is 10.6 Å². The lowest BCUT2D eigenvalue weighted by Gasteiger charge is -2.20. The van der Waals surface area contributed by atoms with Crippen molar-refractivity contribution in [3.8, 4) is 0 Å². The first-order chi connectivity index (χ1) is 9.17. The Hall–Kier alpha value is -1.02. The standard InChI is InChI=1S/C11H13Cl2N3O3S/c12-7-2-8(13)11(9(14)3-7)16-4-6(1-10(16)17)5-20(15,18)19/h2-3,6H,1,4-5,14H2,(H2,15,18,19). The summed E-state index contributed by atoms with van der Waals surface area (Å²) in [6.45, 7) is 0.209. The smallest absolute Gasteiger partial charge is 0.227 e. The van der Waals surface area contributed by atoms with Gasteiger partial charge in [0.2, 0.25) is 15.9 Å². The molecule has 0 aliphatic carbocycles. The zero-order valence-electron chi connectivity index (χ0n) is 10.3. The quantitative estimate of drug-likeness (QED) is 0.808. The van der Waals surface area contributed by atoms with Crippen molar-refractivity contribution in [1.29, 1.82) is 0 Å². The van der Waals surface area contributed by atoms with Gasteiger partial charge in [-0.15, -0.1) is 0 Å². The number of primary sulfonamides is 1. The molecular formula is C11H13Cl2N3O3S. The number of halogens is 2. The van der Waals surface area contributed by atoms with E-state index in [2.05, 4.69) is 0 Å². The summed E-state index contributed by atoms with van der Waals surface area (Å²) in [4.78, 5) is 13.4. The molecule has 1 amide bonds. The highest BCUT2D eigenvalue weighted by Crippen LogP contribution is 2.38. The fourth-order valence-electron chi connectivity index (χ4n) is 2.31. The van der Waals surface area contributed by atoms with Crippen molar-refractivity contribution in [3.63, 3.8) is 0 Å². The number of carbonyl (C=O) groups excluding carboxylic acids is 1. The number of anilines is 2. The minimum absolute atomic E-state index is 0.0921. The number of amides is 1. The predicted molar refractivity (Wildman–Crippen MR) is 79.3 cm³/mol. The van der Waals surface area contributed by atoms with Crippen LogP contribution >= 0.6 is 23.2 Å². The van der Waals surface area contributed by atoms with E-state index in [0.717, 1.165) is 0 Å². The summed E-state index contributed by atoms with van der Waals surface area (Å²) in [5.74, 6) is -0.862. The molecule has 1 heterocycles. The molecule has 1 aromatic carbocycles. The van der Waals surface area contributed by atoms with Gasteiger partial charge in [-0.3, -0.25) is 4.79 Å². The Morgan fingerprint density at radius 3 is 2.55 bits per heavy atom. The minimum Gasteiger partial charge on any atom is -0.397 e. The molecule has 1 saturated heterocycles. The molecule has 0 saturated carbocycles. The van der Waals surface area contributed by atoms with Gasteiger partial charge in [-0.2, -0.15) is 0 Å². The lowest BCUT2D eigenvalue weighted by atomic mass is 10.1. The maximum atomic E-state index is 12.0. The number of benzene rings is 1. The molecule has 0 spiro atoms. The number of nitrogen functional groups attached to an aromatic ring is 1. The molecule has 1 aliphatic rings. The van der Waals surface area contributed by atoms with Gasteiger partial charge in [-0.25, -0.2) is 13.6 Å². The fourth-order valence-corrected chi connectivity index (χ4v) is 3.80. The second kappa shape index (κ2) is 5.40. The number of rotatable bonds is 3. The highest BCUT2D eigenvalue weighted by atomic mass is 35.5. The van der Waals surface area contributed by atoms with E-state index in [1.165, 1.54) is 17.0 Å². The van der Waals surface area contributed by atoms with Crippen LogP contribution in [-0.2, 0) is 14.8 Å². The Morgan fingerprint density at radius 1 is 1.35 bits per heavy atom. The third-order valence-electron chi connectivity index (χ3n) is 3.00. The van der Waals surface area contributed by atoms with E-state index in [4.69, 9.17) is 34.1 Å². The van der Waals surface area contributed by atoms with Crippen LogP contribution in [0.1, 0.15) is 6.42 Å². The maximum absolute atomic E-state index is 12.0. The molecule has 1 atom stereocenters. The van der Waals surface area contributed by atoms with Crippen LogP contribution in [0.15, 0.2) is 12.1 Å².